The number of carbonyl (C=O) groups excluding carboxylic acids is 3. The Morgan fingerprint density at radius 2 is 1.55 bits per heavy atom. The third-order valence-electron chi connectivity index (χ3n) is 6.76. The number of aromatic nitrogens is 2. The first-order chi connectivity index (χ1) is 18.4. The average molecular weight is 538 g/mol. The first-order valence-corrected chi connectivity index (χ1v) is 13.2. The zero-order chi connectivity index (χ0) is 26.6. The summed E-state index contributed by atoms with van der Waals surface area (Å²) in [5, 5.41) is 10.1. The molecule has 198 valence electrons. The smallest absolute Gasteiger partial charge is 0.267 e. The Bertz CT molecular complexity index is 1330. The molecule has 2 aliphatic rings. The zero-order valence-corrected chi connectivity index (χ0v) is 21.8. The minimum absolute atomic E-state index is 0.0843. The maximum absolute atomic E-state index is 13.4. The van der Waals surface area contributed by atoms with E-state index >= 15 is 0 Å². The van der Waals surface area contributed by atoms with Gasteiger partial charge in [0.2, 0.25) is 0 Å². The number of nitrogens with one attached hydrogen (secondary N) is 2. The van der Waals surface area contributed by atoms with Gasteiger partial charge >= 0.3 is 0 Å². The van der Waals surface area contributed by atoms with Crippen LogP contribution in [0.4, 0.5) is 15.8 Å². The fourth-order valence-electron chi connectivity index (χ4n) is 4.61. The summed E-state index contributed by atoms with van der Waals surface area (Å²) in [4.78, 5) is 45.3. The lowest BCUT2D eigenvalue weighted by atomic mass is 10.1. The summed E-state index contributed by atoms with van der Waals surface area (Å²) in [6.45, 7) is 6.53. The topological polar surface area (TPSA) is 111 Å². The number of benzene rings is 2. The van der Waals surface area contributed by atoms with Crippen molar-refractivity contribution in [2.24, 2.45) is 0 Å². The highest BCUT2D eigenvalue weighted by Crippen LogP contribution is 2.30. The molecule has 0 saturated carbocycles. The molecule has 3 heterocycles. The van der Waals surface area contributed by atoms with Crippen LogP contribution in [0.15, 0.2) is 42.5 Å². The number of piperazine rings is 2. The summed E-state index contributed by atoms with van der Waals surface area (Å²) in [5.41, 5.74) is 2.65. The second-order valence-corrected chi connectivity index (χ2v) is 9.96. The Kier molecular flexibility index (Phi) is 7.61. The van der Waals surface area contributed by atoms with Crippen LogP contribution in [0.1, 0.15) is 36.1 Å². The number of aryl methyl sites for hydroxylation is 1. The maximum atomic E-state index is 13.4. The SMILES string of the molecule is Cc1nnsc1C(=O)N1CCN(c2ccc(C(=O)N3CCNCC3)cc2NC(=O)c2ccc(F)cc2)CC1. The van der Waals surface area contributed by atoms with Gasteiger partial charge in [0.25, 0.3) is 17.7 Å². The summed E-state index contributed by atoms with van der Waals surface area (Å²) >= 11 is 1.10. The van der Waals surface area contributed by atoms with Gasteiger partial charge in [0, 0.05) is 63.5 Å². The van der Waals surface area contributed by atoms with E-state index < -0.39 is 11.7 Å². The van der Waals surface area contributed by atoms with Gasteiger partial charge in [-0.25, -0.2) is 4.39 Å². The van der Waals surface area contributed by atoms with Crippen LogP contribution in [-0.4, -0.2) is 89.5 Å². The van der Waals surface area contributed by atoms with Crippen molar-refractivity contribution in [3.05, 3.63) is 70.0 Å². The van der Waals surface area contributed by atoms with Gasteiger partial charge in [-0.05, 0) is 60.9 Å². The molecule has 0 bridgehead atoms. The van der Waals surface area contributed by atoms with E-state index in [0.29, 0.717) is 66.7 Å². The number of rotatable bonds is 5. The highest BCUT2D eigenvalue weighted by Gasteiger charge is 2.27. The lowest BCUT2D eigenvalue weighted by Crippen LogP contribution is -2.49. The maximum Gasteiger partial charge on any atom is 0.267 e. The third-order valence-corrected chi connectivity index (χ3v) is 7.57. The van der Waals surface area contributed by atoms with Gasteiger partial charge in [-0.3, -0.25) is 14.4 Å². The monoisotopic (exact) mass is 537 g/mol. The lowest BCUT2D eigenvalue weighted by Gasteiger charge is -2.37. The van der Waals surface area contributed by atoms with Crippen molar-refractivity contribution >= 4 is 40.6 Å². The van der Waals surface area contributed by atoms with E-state index in [1.807, 2.05) is 6.07 Å². The molecule has 38 heavy (non-hydrogen) atoms. The van der Waals surface area contributed by atoms with Crippen LogP contribution in [0.5, 0.6) is 0 Å². The van der Waals surface area contributed by atoms with Crippen LogP contribution >= 0.6 is 11.5 Å². The standard InChI is InChI=1S/C26H28FN7O3S/c1-17-23(38-31-30-17)26(37)34-14-12-32(13-15-34)22-7-4-19(25(36)33-10-8-28-9-11-33)16-21(22)29-24(35)18-2-5-20(27)6-3-18/h2-7,16,28H,8-15H2,1H3,(H,29,35). The van der Waals surface area contributed by atoms with E-state index in [4.69, 9.17) is 0 Å². The minimum atomic E-state index is -0.428. The molecular formula is C26H28FN7O3S. The Labute approximate surface area is 223 Å². The van der Waals surface area contributed by atoms with Gasteiger partial charge in [0.1, 0.15) is 10.7 Å². The number of nitrogens with zero attached hydrogens (tertiary/aromatic N) is 5. The zero-order valence-electron chi connectivity index (χ0n) is 20.9. The molecular weight excluding hydrogens is 509 g/mol. The molecule has 3 aromatic rings. The first-order valence-electron chi connectivity index (χ1n) is 12.4. The van der Waals surface area contributed by atoms with Gasteiger partial charge in [-0.2, -0.15) is 0 Å². The fraction of sp³-hybridized carbons (Fsp3) is 0.346. The normalized spacial score (nSPS) is 15.9. The summed E-state index contributed by atoms with van der Waals surface area (Å²) < 4.78 is 17.2. The van der Waals surface area contributed by atoms with Gasteiger partial charge < -0.3 is 25.3 Å². The fourth-order valence-corrected chi connectivity index (χ4v) is 5.24. The largest absolute Gasteiger partial charge is 0.366 e. The van der Waals surface area contributed by atoms with E-state index in [9.17, 15) is 18.8 Å². The van der Waals surface area contributed by atoms with Crippen LogP contribution in [0.25, 0.3) is 0 Å². The molecule has 10 nitrogen and oxygen atoms in total. The van der Waals surface area contributed by atoms with Crippen molar-refractivity contribution in [3.8, 4) is 0 Å². The molecule has 2 aliphatic heterocycles. The number of anilines is 2. The molecule has 0 unspecified atom stereocenters. The first kappa shape index (κ1) is 25.7. The van der Waals surface area contributed by atoms with E-state index in [1.165, 1.54) is 24.3 Å². The van der Waals surface area contributed by atoms with Crippen molar-refractivity contribution in [1.82, 2.24) is 24.7 Å². The highest BCUT2D eigenvalue weighted by molar-refractivity contribution is 7.07. The molecule has 5 rings (SSSR count). The quantitative estimate of drug-likeness (QED) is 0.514. The van der Waals surface area contributed by atoms with Crippen LogP contribution < -0.4 is 15.5 Å². The molecule has 12 heteroatoms. The molecule has 2 N–H and O–H groups in total. The molecule has 0 spiro atoms. The minimum Gasteiger partial charge on any atom is -0.366 e. The van der Waals surface area contributed by atoms with Crippen LogP contribution in [-0.2, 0) is 0 Å². The number of carbonyl (C=O) groups is 3. The number of hydrogen-bond donors (Lipinski definition) is 2. The van der Waals surface area contributed by atoms with Gasteiger partial charge in [-0.1, -0.05) is 4.49 Å². The van der Waals surface area contributed by atoms with Crippen LogP contribution in [0, 0.1) is 12.7 Å². The van der Waals surface area contributed by atoms with Crippen LogP contribution in [0.3, 0.4) is 0 Å². The Morgan fingerprint density at radius 3 is 2.21 bits per heavy atom. The summed E-state index contributed by atoms with van der Waals surface area (Å²) in [7, 11) is 0. The van der Waals surface area contributed by atoms with Gasteiger partial charge in [-0.15, -0.1) is 5.10 Å². The Morgan fingerprint density at radius 1 is 0.895 bits per heavy atom. The second kappa shape index (κ2) is 11.2. The van der Waals surface area contributed by atoms with Gasteiger partial charge in [0.05, 0.1) is 17.1 Å². The molecule has 0 aliphatic carbocycles. The van der Waals surface area contributed by atoms with Gasteiger partial charge in [0.15, 0.2) is 0 Å². The lowest BCUT2D eigenvalue weighted by molar-refractivity contribution is 0.0732. The molecule has 2 fully saturated rings. The summed E-state index contributed by atoms with van der Waals surface area (Å²) in [6, 6.07) is 10.6. The Hall–Kier alpha value is -3.90. The van der Waals surface area contributed by atoms with E-state index in [0.717, 1.165) is 30.3 Å². The molecule has 1 aromatic heterocycles. The summed E-state index contributed by atoms with van der Waals surface area (Å²) in [5.74, 6) is -1.01. The molecule has 2 saturated heterocycles. The van der Waals surface area contributed by atoms with E-state index in [1.54, 1.807) is 28.9 Å². The molecule has 2 aromatic carbocycles. The van der Waals surface area contributed by atoms with Crippen molar-refractivity contribution in [1.29, 1.82) is 0 Å². The van der Waals surface area contributed by atoms with Crippen molar-refractivity contribution < 1.29 is 18.8 Å². The average Bonchev–Trinajstić information content (AvgIpc) is 3.39. The number of halogens is 1. The Balaban J connectivity index is 1.37. The number of hydrogen-bond acceptors (Lipinski definition) is 8. The van der Waals surface area contributed by atoms with Crippen LogP contribution in [0.2, 0.25) is 0 Å². The molecule has 0 radical (unpaired) electrons. The predicted octanol–water partition coefficient (Wildman–Crippen LogP) is 2.25. The summed E-state index contributed by atoms with van der Waals surface area (Å²) in [6.07, 6.45) is 0. The van der Waals surface area contributed by atoms with Crippen molar-refractivity contribution in [2.75, 3.05) is 62.6 Å². The molecule has 0 atom stereocenters. The van der Waals surface area contributed by atoms with E-state index in [-0.39, 0.29) is 11.8 Å². The predicted molar refractivity (Wildman–Crippen MR) is 142 cm³/mol. The number of amides is 3. The van der Waals surface area contributed by atoms with Crippen molar-refractivity contribution in [2.45, 2.75) is 6.92 Å². The van der Waals surface area contributed by atoms with E-state index in [2.05, 4.69) is 25.1 Å². The third kappa shape index (κ3) is 5.50. The highest BCUT2D eigenvalue weighted by atomic mass is 32.1. The molecule has 3 amide bonds. The van der Waals surface area contributed by atoms with Crippen molar-refractivity contribution in [3.63, 3.8) is 0 Å². The second-order valence-electron chi connectivity index (χ2n) is 9.20.